The van der Waals surface area contributed by atoms with Crippen molar-refractivity contribution in [2.24, 2.45) is 0 Å². The molecule has 0 aliphatic heterocycles. The molecule has 1 aliphatic rings. The second-order valence-electron chi connectivity index (χ2n) is 8.05. The predicted molar refractivity (Wildman–Crippen MR) is 123 cm³/mol. The molecule has 2 heterocycles. The van der Waals surface area contributed by atoms with Crippen molar-refractivity contribution < 1.29 is 4.79 Å². The number of H-pyrrole nitrogens is 1. The standard InChI is InChI=1S/C24H24N6O2/c1-15-13-21(30(29-15)23-26-20-12-5-4-11-19(20)22(31)28-23)27-24(32)25-14-17-9-6-8-16-7-2-3-10-18(16)17/h2-3,6-10,13H,4-5,11-12,14H2,1H3,(H2,25,27,32)(H,26,28,31). The lowest BCUT2D eigenvalue weighted by molar-refractivity contribution is 0.251. The molecule has 8 heteroatoms. The van der Waals surface area contributed by atoms with E-state index in [1.54, 1.807) is 6.07 Å². The number of carbonyl (C=O) groups is 1. The maximum absolute atomic E-state index is 12.7. The molecule has 8 nitrogen and oxygen atoms in total. The van der Waals surface area contributed by atoms with Crippen molar-refractivity contribution in [1.29, 1.82) is 0 Å². The number of hydrogen-bond donors (Lipinski definition) is 3. The Bertz CT molecular complexity index is 1370. The summed E-state index contributed by atoms with van der Waals surface area (Å²) < 4.78 is 1.48. The Morgan fingerprint density at radius 1 is 1.12 bits per heavy atom. The number of urea groups is 1. The Labute approximate surface area is 184 Å². The van der Waals surface area contributed by atoms with Gasteiger partial charge in [0.05, 0.1) is 11.4 Å². The smallest absolute Gasteiger partial charge is 0.320 e. The Kier molecular flexibility index (Phi) is 5.18. The normalized spacial score (nSPS) is 13.0. The summed E-state index contributed by atoms with van der Waals surface area (Å²) >= 11 is 0. The van der Waals surface area contributed by atoms with Crippen molar-refractivity contribution in [1.82, 2.24) is 25.1 Å². The number of aryl methyl sites for hydroxylation is 2. The largest absolute Gasteiger partial charge is 0.334 e. The number of hydrogen-bond acceptors (Lipinski definition) is 4. The first-order chi connectivity index (χ1) is 15.6. The molecule has 2 aromatic carbocycles. The van der Waals surface area contributed by atoms with Crippen LogP contribution in [-0.4, -0.2) is 25.8 Å². The number of nitrogens with one attached hydrogen (secondary N) is 3. The average Bonchev–Trinajstić information content (AvgIpc) is 3.17. The van der Waals surface area contributed by atoms with Crippen LogP contribution in [0.5, 0.6) is 0 Å². The molecule has 0 bridgehead atoms. The van der Waals surface area contributed by atoms with Crippen LogP contribution in [-0.2, 0) is 19.4 Å². The molecule has 5 rings (SSSR count). The van der Waals surface area contributed by atoms with E-state index in [1.165, 1.54) is 4.68 Å². The highest BCUT2D eigenvalue weighted by atomic mass is 16.2. The van der Waals surface area contributed by atoms with E-state index in [1.807, 2.05) is 49.4 Å². The van der Waals surface area contributed by atoms with Gasteiger partial charge in [-0.15, -0.1) is 0 Å². The van der Waals surface area contributed by atoms with Crippen LogP contribution in [0.2, 0.25) is 0 Å². The van der Waals surface area contributed by atoms with Gasteiger partial charge in [-0.1, -0.05) is 42.5 Å². The van der Waals surface area contributed by atoms with E-state index in [0.717, 1.165) is 53.3 Å². The van der Waals surface area contributed by atoms with Crippen LogP contribution in [0.15, 0.2) is 53.3 Å². The maximum Gasteiger partial charge on any atom is 0.320 e. The molecule has 0 spiro atoms. The zero-order valence-electron chi connectivity index (χ0n) is 17.8. The minimum atomic E-state index is -0.362. The number of rotatable bonds is 4. The number of fused-ring (bicyclic) bond motifs is 2. The first-order valence-electron chi connectivity index (χ1n) is 10.8. The second kappa shape index (κ2) is 8.30. The van der Waals surface area contributed by atoms with Gasteiger partial charge in [-0.2, -0.15) is 9.78 Å². The number of anilines is 1. The fourth-order valence-corrected chi connectivity index (χ4v) is 4.22. The summed E-state index contributed by atoms with van der Waals surface area (Å²) in [5.74, 6) is 0.755. The first-order valence-corrected chi connectivity index (χ1v) is 10.8. The number of aromatic nitrogens is 4. The van der Waals surface area contributed by atoms with Gasteiger partial charge in [0.2, 0.25) is 5.95 Å². The lowest BCUT2D eigenvalue weighted by Gasteiger charge is -2.15. The molecule has 2 amide bonds. The molecular weight excluding hydrogens is 404 g/mol. The van der Waals surface area contributed by atoms with Gasteiger partial charge in [-0.25, -0.2) is 9.78 Å². The number of amides is 2. The molecule has 162 valence electrons. The molecule has 3 N–H and O–H groups in total. The van der Waals surface area contributed by atoms with E-state index in [9.17, 15) is 9.59 Å². The van der Waals surface area contributed by atoms with Crippen molar-refractivity contribution in [3.05, 3.63) is 81.4 Å². The van der Waals surface area contributed by atoms with Crippen molar-refractivity contribution in [3.63, 3.8) is 0 Å². The van der Waals surface area contributed by atoms with Gasteiger partial charge in [0.25, 0.3) is 5.56 Å². The molecule has 4 aromatic rings. The highest BCUT2D eigenvalue weighted by Crippen LogP contribution is 2.20. The van der Waals surface area contributed by atoms with Crippen molar-refractivity contribution in [3.8, 4) is 5.95 Å². The maximum atomic E-state index is 12.7. The van der Waals surface area contributed by atoms with E-state index >= 15 is 0 Å². The zero-order chi connectivity index (χ0) is 22.1. The molecule has 0 saturated heterocycles. The molecule has 0 fully saturated rings. The topological polar surface area (TPSA) is 105 Å². The first kappa shape index (κ1) is 20.0. The summed E-state index contributed by atoms with van der Waals surface area (Å²) in [5, 5.41) is 12.4. The van der Waals surface area contributed by atoms with Gasteiger partial charge in [-0.05, 0) is 48.9 Å². The van der Waals surface area contributed by atoms with E-state index in [0.29, 0.717) is 24.0 Å². The molecule has 0 atom stereocenters. The second-order valence-corrected chi connectivity index (χ2v) is 8.05. The number of nitrogens with zero attached hydrogens (tertiary/aromatic N) is 3. The monoisotopic (exact) mass is 428 g/mol. The minimum absolute atomic E-state index is 0.135. The van der Waals surface area contributed by atoms with Crippen LogP contribution >= 0.6 is 0 Å². The summed E-state index contributed by atoms with van der Waals surface area (Å²) in [6.45, 7) is 2.21. The van der Waals surface area contributed by atoms with Gasteiger partial charge in [0, 0.05) is 18.2 Å². The van der Waals surface area contributed by atoms with Crippen LogP contribution in [0.1, 0.15) is 35.4 Å². The van der Waals surface area contributed by atoms with E-state index < -0.39 is 0 Å². The molecule has 2 aromatic heterocycles. The Hall–Kier alpha value is -3.94. The molecule has 0 radical (unpaired) electrons. The number of carbonyl (C=O) groups excluding carboxylic acids is 1. The Balaban J connectivity index is 1.36. The van der Waals surface area contributed by atoms with Crippen LogP contribution in [0, 0.1) is 6.92 Å². The molecule has 0 saturated carbocycles. The van der Waals surface area contributed by atoms with Gasteiger partial charge in [-0.3, -0.25) is 15.1 Å². The van der Waals surface area contributed by atoms with Crippen LogP contribution in [0.25, 0.3) is 16.7 Å². The van der Waals surface area contributed by atoms with Crippen molar-refractivity contribution in [2.45, 2.75) is 39.2 Å². The van der Waals surface area contributed by atoms with Gasteiger partial charge >= 0.3 is 6.03 Å². The molecule has 1 aliphatic carbocycles. The fourth-order valence-electron chi connectivity index (χ4n) is 4.22. The summed E-state index contributed by atoms with van der Waals surface area (Å²) in [4.78, 5) is 32.6. The number of benzene rings is 2. The molecular formula is C24H24N6O2. The van der Waals surface area contributed by atoms with E-state index in [4.69, 9.17) is 0 Å². The van der Waals surface area contributed by atoms with Crippen molar-refractivity contribution >= 4 is 22.6 Å². The van der Waals surface area contributed by atoms with Crippen molar-refractivity contribution in [2.75, 3.05) is 5.32 Å². The molecule has 0 unspecified atom stereocenters. The van der Waals surface area contributed by atoms with Crippen LogP contribution in [0.3, 0.4) is 0 Å². The highest BCUT2D eigenvalue weighted by Gasteiger charge is 2.19. The fraction of sp³-hybridized carbons (Fsp3) is 0.250. The molecule has 32 heavy (non-hydrogen) atoms. The minimum Gasteiger partial charge on any atom is -0.334 e. The summed E-state index contributed by atoms with van der Waals surface area (Å²) in [7, 11) is 0. The van der Waals surface area contributed by atoms with Crippen LogP contribution < -0.4 is 16.2 Å². The third-order valence-corrected chi connectivity index (χ3v) is 5.77. The summed E-state index contributed by atoms with van der Waals surface area (Å²) in [6.07, 6.45) is 3.54. The van der Waals surface area contributed by atoms with E-state index in [2.05, 4.69) is 25.7 Å². The van der Waals surface area contributed by atoms with E-state index in [-0.39, 0.29) is 11.6 Å². The third-order valence-electron chi connectivity index (χ3n) is 5.77. The average molecular weight is 428 g/mol. The zero-order valence-corrected chi connectivity index (χ0v) is 17.8. The summed E-state index contributed by atoms with van der Waals surface area (Å²) in [5.41, 5.74) is 3.17. The Morgan fingerprint density at radius 2 is 1.94 bits per heavy atom. The lowest BCUT2D eigenvalue weighted by Crippen LogP contribution is -2.30. The lowest BCUT2D eigenvalue weighted by atomic mass is 9.97. The third kappa shape index (κ3) is 3.87. The SMILES string of the molecule is Cc1cc(NC(=O)NCc2cccc3ccccc23)n(-c2nc3c(c(=O)[nH]2)CCCC3)n1. The van der Waals surface area contributed by atoms with Crippen LogP contribution in [0.4, 0.5) is 10.6 Å². The predicted octanol–water partition coefficient (Wildman–Crippen LogP) is 3.62. The highest BCUT2D eigenvalue weighted by molar-refractivity contribution is 5.90. The number of aromatic amines is 1. The van der Waals surface area contributed by atoms with Gasteiger partial charge in [0.15, 0.2) is 0 Å². The summed E-state index contributed by atoms with van der Waals surface area (Å²) in [6, 6.07) is 15.5. The van der Waals surface area contributed by atoms with Gasteiger partial charge < -0.3 is 5.32 Å². The Morgan fingerprint density at radius 3 is 2.84 bits per heavy atom. The quantitative estimate of drug-likeness (QED) is 0.462. The van der Waals surface area contributed by atoms with Gasteiger partial charge in [0.1, 0.15) is 5.82 Å².